The highest BCUT2D eigenvalue weighted by molar-refractivity contribution is 6.91. The van der Waals surface area contributed by atoms with Crippen molar-refractivity contribution in [3.8, 4) is 5.75 Å². The fourth-order valence-electron chi connectivity index (χ4n) is 8.44. The molecular weight excluding hydrogens is 605 g/mol. The maximum atomic E-state index is 14.1. The zero-order valence-electron chi connectivity index (χ0n) is 28.4. The molecule has 3 aliphatic heterocycles. The number of hydrogen-bond donors (Lipinski definition) is 1. The number of hydrogen-bond acceptors (Lipinski definition) is 5. The maximum absolute atomic E-state index is 14.1. The van der Waals surface area contributed by atoms with Crippen LogP contribution in [-0.2, 0) is 33.7 Å². The van der Waals surface area contributed by atoms with E-state index >= 15 is 0 Å². The van der Waals surface area contributed by atoms with Crippen LogP contribution in [0.5, 0.6) is 5.75 Å². The number of carbonyl (C=O) groups is 2. The van der Waals surface area contributed by atoms with Crippen LogP contribution in [0.4, 0.5) is 5.69 Å². The largest absolute Gasteiger partial charge is 0.497 e. The van der Waals surface area contributed by atoms with Gasteiger partial charge in [0, 0.05) is 25.2 Å². The molecule has 0 unspecified atom stereocenters. The molecule has 250 valence electrons. The summed E-state index contributed by atoms with van der Waals surface area (Å²) in [4.78, 5) is 30.5. The predicted molar refractivity (Wildman–Crippen MR) is 189 cm³/mol. The van der Waals surface area contributed by atoms with Gasteiger partial charge in [-0.3, -0.25) is 9.59 Å². The predicted octanol–water partition coefficient (Wildman–Crippen LogP) is 5.87. The third kappa shape index (κ3) is 7.06. The average Bonchev–Trinajstić information content (AvgIpc) is 3.41. The maximum Gasteiger partial charge on any atom is 0.226 e. The normalized spacial score (nSPS) is 24.7. The van der Waals surface area contributed by atoms with E-state index in [0.717, 1.165) is 49.2 Å². The SMILES string of the molecule is COc1ccc([Si](C)(C)[C@H]2[C@H](C)[C@H](CCc3cccc(N4CCCCC4=O)c3)O[C@@H]2CC(=O)N2Cc3ccccc3C[C@H]2CO)cc1. The number of amides is 2. The zero-order chi connectivity index (χ0) is 33.1. The minimum absolute atomic E-state index is 0.0128. The molecule has 0 aliphatic carbocycles. The summed E-state index contributed by atoms with van der Waals surface area (Å²) in [6.07, 6.45) is 5.11. The van der Waals surface area contributed by atoms with Crippen molar-refractivity contribution in [2.45, 2.75) is 95.3 Å². The highest BCUT2D eigenvalue weighted by Crippen LogP contribution is 2.47. The Labute approximate surface area is 280 Å². The summed E-state index contributed by atoms with van der Waals surface area (Å²) in [6.45, 7) is 8.38. The van der Waals surface area contributed by atoms with Crippen molar-refractivity contribution in [1.82, 2.24) is 4.90 Å². The van der Waals surface area contributed by atoms with Crippen molar-refractivity contribution in [3.63, 3.8) is 0 Å². The molecule has 0 aromatic heterocycles. The molecule has 2 fully saturated rings. The van der Waals surface area contributed by atoms with E-state index in [1.165, 1.54) is 16.3 Å². The van der Waals surface area contributed by atoms with Crippen LogP contribution in [0.25, 0.3) is 0 Å². The first-order valence-electron chi connectivity index (χ1n) is 17.4. The fraction of sp³-hybridized carbons (Fsp3) is 0.487. The molecule has 0 saturated carbocycles. The molecule has 3 aromatic rings. The number of benzene rings is 3. The van der Waals surface area contributed by atoms with Crippen LogP contribution in [0.1, 0.15) is 55.7 Å². The van der Waals surface area contributed by atoms with E-state index in [2.05, 4.69) is 62.5 Å². The Hall–Kier alpha value is -3.46. The Morgan fingerprint density at radius 2 is 1.77 bits per heavy atom. The molecule has 3 aromatic carbocycles. The lowest BCUT2D eigenvalue weighted by Gasteiger charge is -2.39. The first-order chi connectivity index (χ1) is 22.7. The van der Waals surface area contributed by atoms with E-state index in [0.29, 0.717) is 25.8 Å². The second kappa shape index (κ2) is 14.3. The van der Waals surface area contributed by atoms with Crippen molar-refractivity contribution in [2.75, 3.05) is 25.2 Å². The molecule has 8 heteroatoms. The number of fused-ring (bicyclic) bond motifs is 1. The molecule has 0 radical (unpaired) electrons. The summed E-state index contributed by atoms with van der Waals surface area (Å²) in [6, 6.07) is 24.9. The number of aryl methyl sites for hydroxylation is 1. The molecule has 7 nitrogen and oxygen atoms in total. The number of ether oxygens (including phenoxy) is 2. The first kappa shape index (κ1) is 33.4. The molecule has 1 N–H and O–H groups in total. The van der Waals surface area contributed by atoms with E-state index in [-0.39, 0.29) is 48.1 Å². The number of methoxy groups -OCH3 is 1. The highest BCUT2D eigenvalue weighted by Gasteiger charge is 2.51. The van der Waals surface area contributed by atoms with Crippen LogP contribution >= 0.6 is 0 Å². The quantitative estimate of drug-likeness (QED) is 0.277. The number of aliphatic hydroxyl groups excluding tert-OH is 1. The van der Waals surface area contributed by atoms with Gasteiger partial charge in [-0.25, -0.2) is 0 Å². The molecule has 5 atom stereocenters. The van der Waals surface area contributed by atoms with Crippen LogP contribution in [0.2, 0.25) is 18.6 Å². The number of nitrogens with zero attached hydrogens (tertiary/aromatic N) is 2. The standard InChI is InChI=1S/C39H50N2O5Si/c1-27-35(20-15-28-10-9-13-31(22-28)40-21-8-7-14-37(40)43)46-36(39(27)47(3,4)34-18-16-33(45-2)17-19-34)24-38(44)41-25-30-12-6-5-11-29(30)23-32(41)26-42/h5-6,9-13,16-19,22,27,32,35-36,39,42H,7-8,14-15,20-21,23-26H2,1-4H3/t27-,32+,35+,36-,39+/m1/s1. The summed E-state index contributed by atoms with van der Waals surface area (Å²) < 4.78 is 12.4. The second-order valence-electron chi connectivity index (χ2n) is 14.3. The van der Waals surface area contributed by atoms with Crippen LogP contribution in [0.15, 0.2) is 72.8 Å². The van der Waals surface area contributed by atoms with Crippen molar-refractivity contribution in [1.29, 1.82) is 0 Å². The summed E-state index contributed by atoms with van der Waals surface area (Å²) in [5, 5.41) is 11.6. The summed E-state index contributed by atoms with van der Waals surface area (Å²) in [5.74, 6) is 1.37. The van der Waals surface area contributed by atoms with Gasteiger partial charge in [0.1, 0.15) is 5.75 Å². The van der Waals surface area contributed by atoms with Crippen LogP contribution < -0.4 is 14.8 Å². The van der Waals surface area contributed by atoms with Gasteiger partial charge in [0.25, 0.3) is 0 Å². The number of rotatable bonds is 10. The molecule has 2 amide bonds. The molecule has 2 saturated heterocycles. The monoisotopic (exact) mass is 654 g/mol. The van der Waals surface area contributed by atoms with Gasteiger partial charge >= 0.3 is 0 Å². The van der Waals surface area contributed by atoms with Gasteiger partial charge in [-0.15, -0.1) is 0 Å². The molecule has 3 aliphatic rings. The lowest BCUT2D eigenvalue weighted by Crippen LogP contribution is -2.52. The molecule has 3 heterocycles. The Bertz CT molecular complexity index is 1560. The van der Waals surface area contributed by atoms with Gasteiger partial charge in [-0.05, 0) is 84.5 Å². The van der Waals surface area contributed by atoms with E-state index in [1.54, 1.807) is 7.11 Å². The van der Waals surface area contributed by atoms with Crippen LogP contribution in [-0.4, -0.2) is 68.4 Å². The summed E-state index contributed by atoms with van der Waals surface area (Å²) >= 11 is 0. The molecular formula is C39H50N2O5Si. The molecule has 0 bridgehead atoms. The number of aliphatic hydroxyl groups is 1. The second-order valence-corrected chi connectivity index (χ2v) is 19.0. The summed E-state index contributed by atoms with van der Waals surface area (Å²) in [7, 11) is -0.452. The third-order valence-corrected chi connectivity index (χ3v) is 15.5. The van der Waals surface area contributed by atoms with E-state index in [9.17, 15) is 14.7 Å². The highest BCUT2D eigenvalue weighted by atomic mass is 28.3. The molecule has 0 spiro atoms. The van der Waals surface area contributed by atoms with Gasteiger partial charge in [0.05, 0.1) is 46.5 Å². The Morgan fingerprint density at radius 3 is 2.49 bits per heavy atom. The number of carbonyl (C=O) groups excluding carboxylic acids is 2. The lowest BCUT2D eigenvalue weighted by atomic mass is 9.93. The number of anilines is 1. The minimum atomic E-state index is -2.14. The zero-order valence-corrected chi connectivity index (χ0v) is 29.4. The van der Waals surface area contributed by atoms with Crippen molar-refractivity contribution >= 4 is 30.8 Å². The minimum Gasteiger partial charge on any atom is -0.497 e. The first-order valence-corrected chi connectivity index (χ1v) is 20.4. The van der Waals surface area contributed by atoms with Gasteiger partial charge < -0.3 is 24.4 Å². The number of piperidine rings is 1. The molecule has 47 heavy (non-hydrogen) atoms. The van der Waals surface area contributed by atoms with Gasteiger partial charge in [-0.1, -0.05) is 73.7 Å². The van der Waals surface area contributed by atoms with E-state index < -0.39 is 8.07 Å². The fourth-order valence-corrected chi connectivity index (χ4v) is 12.5. The smallest absolute Gasteiger partial charge is 0.226 e. The molecule has 6 rings (SSSR count). The lowest BCUT2D eigenvalue weighted by molar-refractivity contribution is -0.138. The third-order valence-electron chi connectivity index (χ3n) is 11.1. The summed E-state index contributed by atoms with van der Waals surface area (Å²) in [5.41, 5.74) is 4.79. The van der Waals surface area contributed by atoms with Crippen molar-refractivity contribution < 1.29 is 24.2 Å². The van der Waals surface area contributed by atoms with Crippen molar-refractivity contribution in [2.24, 2.45) is 5.92 Å². The Kier molecular flexibility index (Phi) is 10.2. The Balaban J connectivity index is 1.23. The van der Waals surface area contributed by atoms with Gasteiger partial charge in [0.15, 0.2) is 0 Å². The van der Waals surface area contributed by atoms with E-state index in [4.69, 9.17) is 9.47 Å². The Morgan fingerprint density at radius 1 is 1.00 bits per heavy atom. The van der Waals surface area contributed by atoms with E-state index in [1.807, 2.05) is 40.1 Å². The van der Waals surface area contributed by atoms with Crippen LogP contribution in [0.3, 0.4) is 0 Å². The van der Waals surface area contributed by atoms with Gasteiger partial charge in [-0.2, -0.15) is 0 Å². The average molecular weight is 655 g/mol. The van der Waals surface area contributed by atoms with Crippen LogP contribution in [0, 0.1) is 5.92 Å². The van der Waals surface area contributed by atoms with Gasteiger partial charge in [0.2, 0.25) is 11.8 Å². The van der Waals surface area contributed by atoms with Crippen molar-refractivity contribution in [3.05, 3.63) is 89.5 Å². The topological polar surface area (TPSA) is 79.3 Å².